The van der Waals surface area contributed by atoms with Gasteiger partial charge in [0.1, 0.15) is 5.75 Å². The summed E-state index contributed by atoms with van der Waals surface area (Å²) in [6.45, 7) is 2.55. The molecule has 2 atom stereocenters. The number of nitrogens with zero attached hydrogens (tertiary/aromatic N) is 1. The fourth-order valence-electron chi connectivity index (χ4n) is 3.85. The molecule has 0 radical (unpaired) electrons. The summed E-state index contributed by atoms with van der Waals surface area (Å²) < 4.78 is 44.4. The van der Waals surface area contributed by atoms with Crippen LogP contribution < -0.4 is 4.74 Å². The Labute approximate surface area is 190 Å². The van der Waals surface area contributed by atoms with Gasteiger partial charge in [-0.15, -0.1) is 0 Å². The number of hydrogen-bond acceptors (Lipinski definition) is 6. The molecule has 1 aliphatic rings. The van der Waals surface area contributed by atoms with E-state index in [-0.39, 0.29) is 36.0 Å². The molecule has 3 rings (SSSR count). The standard InChI is InChI=1S/C24H31NO6S/c1-18-4-13-23(14-5-18)32(27,28)25-16-22(12-8-20(25)9-15-24(26)30-3)31-17-19-6-10-21(29-2)11-7-19/h4-7,10-11,13-14,20,22H,8-9,12,15-17H2,1-3H3. The highest BCUT2D eigenvalue weighted by molar-refractivity contribution is 7.89. The van der Waals surface area contributed by atoms with E-state index < -0.39 is 10.0 Å². The van der Waals surface area contributed by atoms with Crippen LogP contribution in [0.2, 0.25) is 0 Å². The number of benzene rings is 2. The Hall–Kier alpha value is -2.42. The number of methoxy groups -OCH3 is 2. The van der Waals surface area contributed by atoms with Crippen molar-refractivity contribution in [1.82, 2.24) is 4.31 Å². The van der Waals surface area contributed by atoms with Crippen LogP contribution in [0, 0.1) is 6.92 Å². The number of hydrogen-bond donors (Lipinski definition) is 0. The Morgan fingerprint density at radius 1 is 1.03 bits per heavy atom. The van der Waals surface area contributed by atoms with E-state index in [1.54, 1.807) is 31.4 Å². The molecule has 32 heavy (non-hydrogen) atoms. The van der Waals surface area contributed by atoms with Gasteiger partial charge in [0.05, 0.1) is 31.8 Å². The van der Waals surface area contributed by atoms with Crippen LogP contribution in [0.15, 0.2) is 53.4 Å². The number of carbonyl (C=O) groups excluding carboxylic acids is 1. The van der Waals surface area contributed by atoms with Crippen molar-refractivity contribution in [3.05, 3.63) is 59.7 Å². The molecule has 0 bridgehead atoms. The number of sulfonamides is 1. The number of ether oxygens (including phenoxy) is 3. The van der Waals surface area contributed by atoms with Crippen LogP contribution in [0.4, 0.5) is 0 Å². The van der Waals surface area contributed by atoms with Crippen LogP contribution in [0.25, 0.3) is 0 Å². The van der Waals surface area contributed by atoms with Gasteiger partial charge in [-0.25, -0.2) is 8.42 Å². The van der Waals surface area contributed by atoms with Crippen LogP contribution >= 0.6 is 0 Å². The molecule has 0 spiro atoms. The number of esters is 1. The Balaban J connectivity index is 1.74. The molecule has 1 fully saturated rings. The van der Waals surface area contributed by atoms with Crippen molar-refractivity contribution in [2.45, 2.75) is 56.3 Å². The zero-order valence-electron chi connectivity index (χ0n) is 18.8. The third-order valence-corrected chi connectivity index (χ3v) is 7.73. The Kier molecular flexibility index (Phi) is 8.28. The van der Waals surface area contributed by atoms with Gasteiger partial charge in [0.2, 0.25) is 10.0 Å². The van der Waals surface area contributed by atoms with Crippen LogP contribution in [0.5, 0.6) is 5.75 Å². The maximum atomic E-state index is 13.5. The first kappa shape index (κ1) is 24.2. The molecule has 0 N–H and O–H groups in total. The van der Waals surface area contributed by atoms with Crippen molar-refractivity contribution in [1.29, 1.82) is 0 Å². The van der Waals surface area contributed by atoms with Gasteiger partial charge in [-0.3, -0.25) is 4.79 Å². The first-order valence-electron chi connectivity index (χ1n) is 10.7. The predicted molar refractivity (Wildman–Crippen MR) is 121 cm³/mol. The summed E-state index contributed by atoms with van der Waals surface area (Å²) in [7, 11) is -0.764. The van der Waals surface area contributed by atoms with Crippen molar-refractivity contribution >= 4 is 16.0 Å². The van der Waals surface area contributed by atoms with Crippen LogP contribution in [-0.4, -0.2) is 51.6 Å². The molecule has 0 amide bonds. The summed E-state index contributed by atoms with van der Waals surface area (Å²) in [5.74, 6) is 0.436. The lowest BCUT2D eigenvalue weighted by molar-refractivity contribution is -0.141. The minimum Gasteiger partial charge on any atom is -0.497 e. The van der Waals surface area contributed by atoms with Crippen LogP contribution in [-0.2, 0) is 30.9 Å². The van der Waals surface area contributed by atoms with Gasteiger partial charge in [-0.1, -0.05) is 29.8 Å². The molecule has 7 nitrogen and oxygen atoms in total. The first-order chi connectivity index (χ1) is 15.3. The Bertz CT molecular complexity index is 988. The van der Waals surface area contributed by atoms with Gasteiger partial charge in [0.15, 0.2) is 0 Å². The smallest absolute Gasteiger partial charge is 0.305 e. The van der Waals surface area contributed by atoms with Crippen molar-refractivity contribution in [3.63, 3.8) is 0 Å². The number of carbonyl (C=O) groups is 1. The largest absolute Gasteiger partial charge is 0.497 e. The topological polar surface area (TPSA) is 82.1 Å². The monoisotopic (exact) mass is 461 g/mol. The number of aryl methyl sites for hydroxylation is 1. The van der Waals surface area contributed by atoms with E-state index in [1.807, 2.05) is 31.2 Å². The SMILES string of the molecule is COC(=O)CCC1CCC(OCc2ccc(OC)cc2)CN1S(=O)(=O)c1ccc(C)cc1. The lowest BCUT2D eigenvalue weighted by Crippen LogP contribution is -2.49. The maximum Gasteiger partial charge on any atom is 0.305 e. The molecule has 8 heteroatoms. The molecule has 1 heterocycles. The van der Waals surface area contributed by atoms with Crippen molar-refractivity contribution in [3.8, 4) is 5.75 Å². The summed E-state index contributed by atoms with van der Waals surface area (Å²) in [5, 5.41) is 0. The Morgan fingerprint density at radius 3 is 2.34 bits per heavy atom. The summed E-state index contributed by atoms with van der Waals surface area (Å²) in [6, 6.07) is 14.2. The van der Waals surface area contributed by atoms with E-state index in [0.717, 1.165) is 23.3 Å². The van der Waals surface area contributed by atoms with Crippen molar-refractivity contribution in [2.24, 2.45) is 0 Å². The highest BCUT2D eigenvalue weighted by Gasteiger charge is 2.37. The molecule has 1 aliphatic heterocycles. The van der Waals surface area contributed by atoms with Gasteiger partial charge in [-0.05, 0) is 56.0 Å². The first-order valence-corrected chi connectivity index (χ1v) is 12.2. The summed E-state index contributed by atoms with van der Waals surface area (Å²) in [6.07, 6.45) is 1.71. The molecule has 0 aromatic heterocycles. The lowest BCUT2D eigenvalue weighted by Gasteiger charge is -2.38. The van der Waals surface area contributed by atoms with Crippen molar-refractivity contribution in [2.75, 3.05) is 20.8 Å². The minimum atomic E-state index is -3.72. The molecule has 0 aliphatic carbocycles. The number of piperidine rings is 1. The zero-order chi connectivity index (χ0) is 23.1. The minimum absolute atomic E-state index is 0.179. The van der Waals surface area contributed by atoms with E-state index in [0.29, 0.717) is 19.4 Å². The van der Waals surface area contributed by atoms with Gasteiger partial charge in [-0.2, -0.15) is 4.31 Å². The molecular weight excluding hydrogens is 430 g/mol. The molecule has 1 saturated heterocycles. The normalized spacial score (nSPS) is 19.5. The fourth-order valence-corrected chi connectivity index (χ4v) is 5.57. The fraction of sp³-hybridized carbons (Fsp3) is 0.458. The second-order valence-electron chi connectivity index (χ2n) is 8.01. The van der Waals surface area contributed by atoms with Gasteiger partial charge in [0.25, 0.3) is 0 Å². The highest BCUT2D eigenvalue weighted by Crippen LogP contribution is 2.30. The van der Waals surface area contributed by atoms with E-state index in [1.165, 1.54) is 11.4 Å². The predicted octanol–water partition coefficient (Wildman–Crippen LogP) is 3.70. The van der Waals surface area contributed by atoms with E-state index in [2.05, 4.69) is 0 Å². The third-order valence-electron chi connectivity index (χ3n) is 5.79. The molecule has 2 aromatic carbocycles. The van der Waals surface area contributed by atoms with E-state index in [4.69, 9.17) is 14.2 Å². The van der Waals surface area contributed by atoms with Crippen LogP contribution in [0.1, 0.15) is 36.8 Å². The van der Waals surface area contributed by atoms with Gasteiger partial charge >= 0.3 is 5.97 Å². The number of rotatable bonds is 9. The second kappa shape index (κ2) is 10.9. The third kappa shape index (κ3) is 6.09. The molecule has 174 valence electrons. The van der Waals surface area contributed by atoms with Crippen LogP contribution in [0.3, 0.4) is 0 Å². The highest BCUT2D eigenvalue weighted by atomic mass is 32.2. The maximum absolute atomic E-state index is 13.5. The molecule has 2 aromatic rings. The van der Waals surface area contributed by atoms with Crippen molar-refractivity contribution < 1.29 is 27.4 Å². The zero-order valence-corrected chi connectivity index (χ0v) is 19.6. The molecular formula is C24H31NO6S. The lowest BCUT2D eigenvalue weighted by atomic mass is 9.98. The second-order valence-corrected chi connectivity index (χ2v) is 9.91. The summed E-state index contributed by atoms with van der Waals surface area (Å²) in [4.78, 5) is 11.9. The quantitative estimate of drug-likeness (QED) is 0.530. The van der Waals surface area contributed by atoms with E-state index >= 15 is 0 Å². The van der Waals surface area contributed by atoms with E-state index in [9.17, 15) is 13.2 Å². The van der Waals surface area contributed by atoms with Gasteiger partial charge < -0.3 is 14.2 Å². The van der Waals surface area contributed by atoms with Gasteiger partial charge in [0, 0.05) is 19.0 Å². The average molecular weight is 462 g/mol. The summed E-state index contributed by atoms with van der Waals surface area (Å²) in [5.41, 5.74) is 1.98. The molecule has 0 saturated carbocycles. The average Bonchev–Trinajstić information content (AvgIpc) is 2.82. The molecule has 2 unspecified atom stereocenters. The Morgan fingerprint density at radius 2 is 1.72 bits per heavy atom. The summed E-state index contributed by atoms with van der Waals surface area (Å²) >= 11 is 0.